The van der Waals surface area contributed by atoms with Crippen molar-refractivity contribution in [2.24, 2.45) is 0 Å². The molecule has 0 atom stereocenters. The van der Waals surface area contributed by atoms with E-state index in [2.05, 4.69) is 20.6 Å². The van der Waals surface area contributed by atoms with Gasteiger partial charge in [-0.1, -0.05) is 42.5 Å². The van der Waals surface area contributed by atoms with E-state index in [9.17, 15) is 9.59 Å². The number of aromatic nitrogens is 2. The molecule has 0 aliphatic carbocycles. The van der Waals surface area contributed by atoms with E-state index in [0.717, 1.165) is 12.0 Å². The smallest absolute Gasteiger partial charge is 0.273 e. The first-order chi connectivity index (χ1) is 13.6. The lowest BCUT2D eigenvalue weighted by Crippen LogP contribution is -2.25. The molecule has 0 radical (unpaired) electrons. The van der Waals surface area contributed by atoms with Gasteiger partial charge < -0.3 is 16.4 Å². The summed E-state index contributed by atoms with van der Waals surface area (Å²) in [4.78, 5) is 32.4. The summed E-state index contributed by atoms with van der Waals surface area (Å²) in [6, 6.07) is 16.9. The second-order valence-corrected chi connectivity index (χ2v) is 6.14. The molecule has 0 aliphatic rings. The molecule has 1 aromatic heterocycles. The van der Waals surface area contributed by atoms with E-state index in [0.29, 0.717) is 17.8 Å². The Labute approximate surface area is 163 Å². The number of hydrogen-bond donors (Lipinski definition) is 3. The quantitative estimate of drug-likeness (QED) is 0.611. The van der Waals surface area contributed by atoms with Gasteiger partial charge in [-0.15, -0.1) is 0 Å². The number of nitrogens with two attached hydrogens (primary N) is 1. The zero-order chi connectivity index (χ0) is 19.9. The molecule has 0 unspecified atom stereocenters. The lowest BCUT2D eigenvalue weighted by atomic mass is 10.1. The molecule has 0 aliphatic heterocycles. The maximum atomic E-state index is 12.3. The van der Waals surface area contributed by atoms with Crippen molar-refractivity contribution in [1.82, 2.24) is 20.6 Å². The fourth-order valence-corrected chi connectivity index (χ4v) is 2.68. The molecule has 2 amide bonds. The topological polar surface area (TPSA) is 110 Å². The third-order valence-electron chi connectivity index (χ3n) is 4.23. The first kappa shape index (κ1) is 19.0. The van der Waals surface area contributed by atoms with Crippen molar-refractivity contribution in [2.45, 2.75) is 6.42 Å². The normalized spacial score (nSPS) is 10.3. The minimum absolute atomic E-state index is 0.0671. The summed E-state index contributed by atoms with van der Waals surface area (Å²) in [5.74, 6) is -0.476. The van der Waals surface area contributed by atoms with Crippen molar-refractivity contribution >= 4 is 17.6 Å². The first-order valence-electron chi connectivity index (χ1n) is 8.85. The van der Waals surface area contributed by atoms with Gasteiger partial charge >= 0.3 is 0 Å². The number of nitrogen functional groups attached to an aromatic ring is 1. The van der Waals surface area contributed by atoms with E-state index >= 15 is 0 Å². The molecule has 0 saturated heterocycles. The molecule has 7 nitrogen and oxygen atoms in total. The highest BCUT2D eigenvalue weighted by atomic mass is 16.2. The molecule has 2 aromatic carbocycles. The Kier molecular flexibility index (Phi) is 5.96. The van der Waals surface area contributed by atoms with Gasteiger partial charge in [0.15, 0.2) is 11.5 Å². The van der Waals surface area contributed by atoms with Gasteiger partial charge in [0.25, 0.3) is 11.8 Å². The predicted molar refractivity (Wildman–Crippen MR) is 108 cm³/mol. The van der Waals surface area contributed by atoms with Crippen LogP contribution in [0, 0.1) is 0 Å². The van der Waals surface area contributed by atoms with E-state index in [1.165, 1.54) is 18.8 Å². The Bertz CT molecular complexity index is 972. The lowest BCUT2D eigenvalue weighted by molar-refractivity contribution is 0.0948. The Morgan fingerprint density at radius 3 is 2.39 bits per heavy atom. The van der Waals surface area contributed by atoms with Crippen molar-refractivity contribution in [3.05, 3.63) is 77.6 Å². The number of anilines is 1. The fourth-order valence-electron chi connectivity index (χ4n) is 2.68. The zero-order valence-corrected chi connectivity index (χ0v) is 15.5. The Morgan fingerprint density at radius 1 is 1.00 bits per heavy atom. The van der Waals surface area contributed by atoms with Crippen LogP contribution in [0.3, 0.4) is 0 Å². The number of carbonyl (C=O) groups is 2. The van der Waals surface area contributed by atoms with E-state index in [4.69, 9.17) is 5.73 Å². The van der Waals surface area contributed by atoms with E-state index < -0.39 is 5.91 Å². The van der Waals surface area contributed by atoms with Gasteiger partial charge in [0.2, 0.25) is 0 Å². The number of nitrogens with one attached hydrogen (secondary N) is 2. The van der Waals surface area contributed by atoms with Crippen molar-refractivity contribution < 1.29 is 9.59 Å². The third-order valence-corrected chi connectivity index (χ3v) is 4.23. The highest BCUT2D eigenvalue weighted by Gasteiger charge is 2.13. The Hall–Kier alpha value is -3.74. The zero-order valence-electron chi connectivity index (χ0n) is 15.5. The van der Waals surface area contributed by atoms with Gasteiger partial charge in [-0.2, -0.15) is 0 Å². The average Bonchev–Trinajstić information content (AvgIpc) is 2.74. The van der Waals surface area contributed by atoms with Gasteiger partial charge in [0.1, 0.15) is 0 Å². The van der Waals surface area contributed by atoms with Crippen LogP contribution in [-0.2, 0) is 6.42 Å². The van der Waals surface area contributed by atoms with E-state index in [-0.39, 0.29) is 17.4 Å². The molecule has 0 saturated carbocycles. The van der Waals surface area contributed by atoms with Crippen LogP contribution in [0.4, 0.5) is 5.82 Å². The SMILES string of the molecule is CNC(=O)c1nc(-c2ccc(C(=O)NCCc3ccccc3)cc2)cnc1N. The molecule has 142 valence electrons. The monoisotopic (exact) mass is 375 g/mol. The van der Waals surface area contributed by atoms with Crippen LogP contribution in [0.2, 0.25) is 0 Å². The van der Waals surface area contributed by atoms with E-state index in [1.54, 1.807) is 24.3 Å². The Morgan fingerprint density at radius 2 is 1.71 bits per heavy atom. The second kappa shape index (κ2) is 8.77. The largest absolute Gasteiger partial charge is 0.382 e. The number of hydrogen-bond acceptors (Lipinski definition) is 5. The minimum Gasteiger partial charge on any atom is -0.382 e. The molecule has 7 heteroatoms. The van der Waals surface area contributed by atoms with Crippen molar-refractivity contribution in [3.63, 3.8) is 0 Å². The molecular formula is C21H21N5O2. The molecule has 3 aromatic rings. The third kappa shape index (κ3) is 4.50. The standard InChI is InChI=1S/C21H21N5O2/c1-23-21(28)18-19(22)25-13-17(26-18)15-7-9-16(10-8-15)20(27)24-12-11-14-5-3-2-4-6-14/h2-10,13H,11-12H2,1H3,(H2,22,25)(H,23,28)(H,24,27). The highest BCUT2D eigenvalue weighted by Crippen LogP contribution is 2.19. The summed E-state index contributed by atoms with van der Waals surface area (Å²) in [5, 5.41) is 5.39. The Balaban J connectivity index is 1.66. The van der Waals surface area contributed by atoms with Crippen molar-refractivity contribution in [3.8, 4) is 11.3 Å². The molecule has 3 rings (SSSR count). The van der Waals surface area contributed by atoms with Crippen LogP contribution in [0.15, 0.2) is 60.8 Å². The molecule has 0 spiro atoms. The van der Waals surface area contributed by atoms with Gasteiger partial charge in [-0.3, -0.25) is 9.59 Å². The molecule has 0 fully saturated rings. The number of amides is 2. The summed E-state index contributed by atoms with van der Waals surface area (Å²) in [6.07, 6.45) is 2.27. The van der Waals surface area contributed by atoms with E-state index in [1.807, 2.05) is 30.3 Å². The summed E-state index contributed by atoms with van der Waals surface area (Å²) < 4.78 is 0. The van der Waals surface area contributed by atoms with Gasteiger partial charge in [-0.05, 0) is 24.1 Å². The second-order valence-electron chi connectivity index (χ2n) is 6.14. The van der Waals surface area contributed by atoms with Crippen LogP contribution in [-0.4, -0.2) is 35.4 Å². The number of nitrogens with zero attached hydrogens (tertiary/aromatic N) is 2. The number of benzene rings is 2. The van der Waals surface area contributed by atoms with Crippen LogP contribution >= 0.6 is 0 Å². The fraction of sp³-hybridized carbons (Fsp3) is 0.143. The van der Waals surface area contributed by atoms with Gasteiger partial charge in [0, 0.05) is 24.7 Å². The van der Waals surface area contributed by atoms with Gasteiger partial charge in [0.05, 0.1) is 11.9 Å². The summed E-state index contributed by atoms with van der Waals surface area (Å²) >= 11 is 0. The van der Waals surface area contributed by atoms with Crippen molar-refractivity contribution in [1.29, 1.82) is 0 Å². The maximum Gasteiger partial charge on any atom is 0.273 e. The average molecular weight is 375 g/mol. The number of rotatable bonds is 6. The maximum absolute atomic E-state index is 12.3. The predicted octanol–water partition coefficient (Wildman–Crippen LogP) is 2.06. The van der Waals surface area contributed by atoms with Gasteiger partial charge in [-0.25, -0.2) is 9.97 Å². The summed E-state index contributed by atoms with van der Waals surface area (Å²) in [7, 11) is 1.50. The van der Waals surface area contributed by atoms with Crippen LogP contribution in [0.5, 0.6) is 0 Å². The molecule has 0 bridgehead atoms. The van der Waals surface area contributed by atoms with Crippen LogP contribution in [0.1, 0.15) is 26.4 Å². The number of carbonyl (C=O) groups excluding carboxylic acids is 2. The van der Waals surface area contributed by atoms with Crippen LogP contribution in [0.25, 0.3) is 11.3 Å². The molecular weight excluding hydrogens is 354 g/mol. The minimum atomic E-state index is -0.402. The first-order valence-corrected chi connectivity index (χ1v) is 8.85. The summed E-state index contributed by atoms with van der Waals surface area (Å²) in [5.41, 5.74) is 8.74. The highest BCUT2D eigenvalue weighted by molar-refractivity contribution is 5.97. The van der Waals surface area contributed by atoms with Crippen LogP contribution < -0.4 is 16.4 Å². The molecule has 4 N–H and O–H groups in total. The lowest BCUT2D eigenvalue weighted by Gasteiger charge is -2.08. The molecule has 28 heavy (non-hydrogen) atoms. The molecule has 1 heterocycles. The summed E-state index contributed by atoms with van der Waals surface area (Å²) in [6.45, 7) is 0.559. The van der Waals surface area contributed by atoms with Crippen molar-refractivity contribution in [2.75, 3.05) is 19.3 Å².